The summed E-state index contributed by atoms with van der Waals surface area (Å²) in [5, 5.41) is 4.50. The zero-order valence-corrected chi connectivity index (χ0v) is 10.7. The van der Waals surface area contributed by atoms with E-state index in [0.29, 0.717) is 11.5 Å². The Morgan fingerprint density at radius 2 is 2.00 bits per heavy atom. The number of ether oxygens (including phenoxy) is 1. The van der Waals surface area contributed by atoms with Crippen molar-refractivity contribution in [2.75, 3.05) is 12.8 Å². The lowest BCUT2D eigenvalue weighted by Gasteiger charge is -2.09. The van der Waals surface area contributed by atoms with E-state index in [-0.39, 0.29) is 0 Å². The molecular weight excluding hydrogens is 242 g/mol. The van der Waals surface area contributed by atoms with Crippen molar-refractivity contribution in [3.63, 3.8) is 0 Å². The molecule has 0 unspecified atom stereocenters. The number of anilines is 1. The van der Waals surface area contributed by atoms with Gasteiger partial charge in [0.1, 0.15) is 5.75 Å². The lowest BCUT2D eigenvalue weighted by Crippen LogP contribution is -1.92. The highest BCUT2D eigenvalue weighted by molar-refractivity contribution is 6.00. The number of nitrogens with two attached hydrogens (primary N) is 1. The smallest absolute Gasteiger partial charge is 0.260 e. The Bertz CT molecular complexity index is 750. The monoisotopic (exact) mass is 255 g/mol. The second-order valence-corrected chi connectivity index (χ2v) is 4.26. The molecule has 1 aromatic carbocycles. The summed E-state index contributed by atoms with van der Waals surface area (Å²) in [6.07, 6.45) is 0. The van der Waals surface area contributed by atoms with Crippen LogP contribution in [-0.2, 0) is 0 Å². The van der Waals surface area contributed by atoms with Gasteiger partial charge in [-0.05, 0) is 19.1 Å². The van der Waals surface area contributed by atoms with Crippen LogP contribution in [0.5, 0.6) is 5.75 Å². The Balaban J connectivity index is 2.38. The van der Waals surface area contributed by atoms with Gasteiger partial charge in [-0.1, -0.05) is 23.4 Å². The van der Waals surface area contributed by atoms with Crippen molar-refractivity contribution in [3.05, 3.63) is 36.0 Å². The number of methoxy groups -OCH3 is 1. The maximum atomic E-state index is 5.87. The number of para-hydroxylation sites is 1. The van der Waals surface area contributed by atoms with Crippen molar-refractivity contribution >= 4 is 16.9 Å². The summed E-state index contributed by atoms with van der Waals surface area (Å²) >= 11 is 0. The van der Waals surface area contributed by atoms with Gasteiger partial charge in [0.05, 0.1) is 12.5 Å². The fourth-order valence-electron chi connectivity index (χ4n) is 2.18. The van der Waals surface area contributed by atoms with Gasteiger partial charge in [0.15, 0.2) is 5.82 Å². The molecule has 2 aromatic heterocycles. The zero-order valence-electron chi connectivity index (χ0n) is 10.7. The Labute approximate surface area is 110 Å². The molecule has 0 saturated carbocycles. The van der Waals surface area contributed by atoms with Crippen LogP contribution >= 0.6 is 0 Å². The molecular formula is C14H13N3O2. The molecule has 96 valence electrons. The molecule has 0 radical (unpaired) electrons. The highest BCUT2D eigenvalue weighted by atomic mass is 16.5. The molecule has 0 saturated heterocycles. The largest absolute Gasteiger partial charge is 0.496 e. The number of hydrogen-bond acceptors (Lipinski definition) is 5. The Hall–Kier alpha value is -2.56. The molecule has 2 heterocycles. The van der Waals surface area contributed by atoms with E-state index in [1.165, 1.54) is 0 Å². The van der Waals surface area contributed by atoms with Gasteiger partial charge < -0.3 is 15.0 Å². The number of aryl methyl sites for hydroxylation is 1. The van der Waals surface area contributed by atoms with E-state index in [4.69, 9.17) is 15.0 Å². The van der Waals surface area contributed by atoms with Gasteiger partial charge in [0.2, 0.25) is 0 Å². The van der Waals surface area contributed by atoms with Gasteiger partial charge in [0.25, 0.3) is 5.71 Å². The third-order valence-electron chi connectivity index (χ3n) is 3.00. The van der Waals surface area contributed by atoms with Gasteiger partial charge in [-0.3, -0.25) is 0 Å². The van der Waals surface area contributed by atoms with Crippen LogP contribution in [0.4, 0.5) is 5.82 Å². The van der Waals surface area contributed by atoms with Crippen LogP contribution in [0, 0.1) is 6.92 Å². The minimum Gasteiger partial charge on any atom is -0.496 e. The summed E-state index contributed by atoms with van der Waals surface area (Å²) in [7, 11) is 1.64. The van der Waals surface area contributed by atoms with E-state index in [1.54, 1.807) is 7.11 Å². The third-order valence-corrected chi connectivity index (χ3v) is 3.00. The van der Waals surface area contributed by atoms with Gasteiger partial charge in [-0.2, -0.15) is 0 Å². The average Bonchev–Trinajstić information content (AvgIpc) is 2.79. The summed E-state index contributed by atoms with van der Waals surface area (Å²) in [5.74, 6) is 1.11. The first-order chi connectivity index (χ1) is 9.20. The second-order valence-electron chi connectivity index (χ2n) is 4.26. The van der Waals surface area contributed by atoms with E-state index in [1.807, 2.05) is 37.3 Å². The van der Waals surface area contributed by atoms with Gasteiger partial charge in [0, 0.05) is 16.8 Å². The van der Waals surface area contributed by atoms with Crippen molar-refractivity contribution in [3.8, 4) is 16.9 Å². The standard InChI is InChI=1S/C14H13N3O2/c1-8-7-10(9-5-3-4-6-11(9)18-2)12-13(15)17-19-14(12)16-8/h3-7H,1-2H3,(H2,15,17). The molecule has 0 bridgehead atoms. The number of pyridine rings is 1. The molecule has 5 nitrogen and oxygen atoms in total. The minimum atomic E-state index is 0.336. The quantitative estimate of drug-likeness (QED) is 0.762. The number of hydrogen-bond donors (Lipinski definition) is 1. The van der Waals surface area contributed by atoms with E-state index < -0.39 is 0 Å². The van der Waals surface area contributed by atoms with Crippen LogP contribution in [-0.4, -0.2) is 17.3 Å². The lowest BCUT2D eigenvalue weighted by molar-refractivity contribution is 0.416. The molecule has 2 N–H and O–H groups in total. The maximum absolute atomic E-state index is 5.87. The van der Waals surface area contributed by atoms with Crippen LogP contribution in [0.1, 0.15) is 5.69 Å². The molecule has 0 aliphatic heterocycles. The number of fused-ring (bicyclic) bond motifs is 1. The maximum Gasteiger partial charge on any atom is 0.260 e. The van der Waals surface area contributed by atoms with Crippen LogP contribution in [0.3, 0.4) is 0 Å². The van der Waals surface area contributed by atoms with Crippen molar-refractivity contribution in [2.45, 2.75) is 6.92 Å². The van der Waals surface area contributed by atoms with Gasteiger partial charge in [-0.25, -0.2) is 4.98 Å². The molecule has 0 amide bonds. The predicted octanol–water partition coefficient (Wildman–Crippen LogP) is 2.79. The van der Waals surface area contributed by atoms with E-state index in [9.17, 15) is 0 Å². The Morgan fingerprint density at radius 1 is 1.21 bits per heavy atom. The molecule has 0 atom stereocenters. The molecule has 0 aliphatic carbocycles. The van der Waals surface area contributed by atoms with Crippen molar-refractivity contribution < 1.29 is 9.26 Å². The van der Waals surface area contributed by atoms with Crippen LogP contribution < -0.4 is 10.5 Å². The Kier molecular flexibility index (Phi) is 2.59. The molecule has 19 heavy (non-hydrogen) atoms. The van der Waals surface area contributed by atoms with Gasteiger partial charge >= 0.3 is 0 Å². The average molecular weight is 255 g/mol. The van der Waals surface area contributed by atoms with Crippen molar-refractivity contribution in [1.29, 1.82) is 0 Å². The fourth-order valence-corrected chi connectivity index (χ4v) is 2.18. The summed E-state index contributed by atoms with van der Waals surface area (Å²) in [4.78, 5) is 4.29. The lowest BCUT2D eigenvalue weighted by atomic mass is 10.0. The number of benzene rings is 1. The molecule has 0 spiro atoms. The first kappa shape index (κ1) is 11.5. The molecule has 5 heteroatoms. The number of rotatable bonds is 2. The summed E-state index contributed by atoms with van der Waals surface area (Å²) in [5.41, 5.74) is 9.01. The molecule has 3 aromatic rings. The fraction of sp³-hybridized carbons (Fsp3) is 0.143. The van der Waals surface area contributed by atoms with Crippen LogP contribution in [0.25, 0.3) is 22.2 Å². The zero-order chi connectivity index (χ0) is 13.4. The topological polar surface area (TPSA) is 74.2 Å². The number of nitrogen functional groups attached to an aromatic ring is 1. The van der Waals surface area contributed by atoms with Crippen molar-refractivity contribution in [2.24, 2.45) is 0 Å². The minimum absolute atomic E-state index is 0.336. The third kappa shape index (κ3) is 1.79. The van der Waals surface area contributed by atoms with E-state index >= 15 is 0 Å². The highest BCUT2D eigenvalue weighted by Crippen LogP contribution is 2.37. The molecule has 0 aliphatic rings. The van der Waals surface area contributed by atoms with E-state index in [0.717, 1.165) is 28.0 Å². The molecule has 3 rings (SSSR count). The second kappa shape index (κ2) is 4.28. The van der Waals surface area contributed by atoms with Crippen LogP contribution in [0.15, 0.2) is 34.9 Å². The molecule has 0 fully saturated rings. The summed E-state index contributed by atoms with van der Waals surface area (Å²) in [6.45, 7) is 1.90. The summed E-state index contributed by atoms with van der Waals surface area (Å²) in [6, 6.07) is 9.70. The summed E-state index contributed by atoms with van der Waals surface area (Å²) < 4.78 is 10.5. The van der Waals surface area contributed by atoms with Gasteiger partial charge in [-0.15, -0.1) is 0 Å². The van der Waals surface area contributed by atoms with Crippen molar-refractivity contribution in [1.82, 2.24) is 10.1 Å². The number of nitrogens with zero attached hydrogens (tertiary/aromatic N) is 2. The SMILES string of the molecule is COc1ccccc1-c1cc(C)nc2onc(N)c12. The first-order valence-electron chi connectivity index (χ1n) is 5.86. The van der Waals surface area contributed by atoms with Crippen LogP contribution in [0.2, 0.25) is 0 Å². The predicted molar refractivity (Wildman–Crippen MR) is 72.9 cm³/mol. The highest BCUT2D eigenvalue weighted by Gasteiger charge is 2.16. The normalized spacial score (nSPS) is 10.8. The van der Waals surface area contributed by atoms with E-state index in [2.05, 4.69) is 10.1 Å². The first-order valence-corrected chi connectivity index (χ1v) is 5.86. The Morgan fingerprint density at radius 3 is 2.79 bits per heavy atom. The number of aromatic nitrogens is 2.